The Balaban J connectivity index is 1.77. The number of rotatable bonds is 8. The second-order valence-electron chi connectivity index (χ2n) is 5.93. The first kappa shape index (κ1) is 22.6. The van der Waals surface area contributed by atoms with E-state index >= 15 is 0 Å². The number of fused-ring (bicyclic) bond motifs is 1. The lowest BCUT2D eigenvalue weighted by atomic mass is 10.0. The number of nitrogens with one attached hydrogen (secondary N) is 1. The van der Waals surface area contributed by atoms with Crippen molar-refractivity contribution in [3.63, 3.8) is 0 Å². The lowest BCUT2D eigenvalue weighted by molar-refractivity contribution is -0.150. The molecule has 31 heavy (non-hydrogen) atoms. The van der Waals surface area contributed by atoms with Gasteiger partial charge in [0.15, 0.2) is 10.8 Å². The summed E-state index contributed by atoms with van der Waals surface area (Å²) in [6.45, 7) is -0.262. The van der Waals surface area contributed by atoms with Crippen LogP contribution in [0.4, 0.5) is 5.13 Å². The SMILES string of the molecule is Nc1nc(C(=NOCC=CC(=O)O)C(=O)NC2C(=O)N3C(C(=O)O)=CCS[C@H]23)c(Cl)s1. The van der Waals surface area contributed by atoms with E-state index in [4.69, 9.17) is 27.3 Å². The third-order valence-corrected chi connectivity index (χ3v) is 6.25. The number of oxime groups is 1. The fraction of sp³-hybridized carbons (Fsp3) is 0.250. The number of hydrogen-bond acceptors (Lipinski definition) is 10. The number of anilines is 1. The Kier molecular flexibility index (Phi) is 6.82. The molecule has 0 aliphatic carbocycles. The Bertz CT molecular complexity index is 1040. The lowest BCUT2D eigenvalue weighted by Gasteiger charge is -2.48. The van der Waals surface area contributed by atoms with Crippen molar-refractivity contribution in [3.8, 4) is 0 Å². The van der Waals surface area contributed by atoms with E-state index in [0.29, 0.717) is 5.75 Å². The number of β-lactam (4-membered cyclic amide) rings is 1. The minimum atomic E-state index is -1.24. The van der Waals surface area contributed by atoms with Crippen LogP contribution in [0.2, 0.25) is 4.34 Å². The highest BCUT2D eigenvalue weighted by atomic mass is 35.5. The number of nitrogens with two attached hydrogens (primary N) is 1. The molecule has 164 valence electrons. The van der Waals surface area contributed by atoms with Crippen molar-refractivity contribution >= 4 is 69.3 Å². The van der Waals surface area contributed by atoms with Gasteiger partial charge < -0.3 is 26.1 Å². The number of carboxylic acid groups (broad SMARTS) is 2. The molecule has 0 spiro atoms. The molecular formula is C16H14ClN5O7S2. The van der Waals surface area contributed by atoms with E-state index in [1.54, 1.807) is 0 Å². The monoisotopic (exact) mass is 487 g/mol. The van der Waals surface area contributed by atoms with E-state index in [1.807, 2.05) is 0 Å². The molecule has 2 atom stereocenters. The molecule has 15 heteroatoms. The number of aliphatic carboxylic acids is 2. The Morgan fingerprint density at radius 3 is 2.81 bits per heavy atom. The first-order chi connectivity index (χ1) is 14.7. The predicted molar refractivity (Wildman–Crippen MR) is 112 cm³/mol. The Labute approximate surface area is 187 Å². The van der Waals surface area contributed by atoms with E-state index in [1.165, 1.54) is 17.8 Å². The Morgan fingerprint density at radius 2 is 2.19 bits per heavy atom. The molecule has 0 aromatic carbocycles. The lowest BCUT2D eigenvalue weighted by Crippen LogP contribution is -2.70. The first-order valence-corrected chi connectivity index (χ1v) is 10.7. The number of carboxylic acids is 2. The number of carbonyl (C=O) groups excluding carboxylic acids is 2. The molecule has 1 aromatic heterocycles. The molecule has 1 aromatic rings. The van der Waals surface area contributed by atoms with Gasteiger partial charge in [-0.05, 0) is 12.2 Å². The number of amides is 2. The molecule has 2 aliphatic rings. The van der Waals surface area contributed by atoms with Gasteiger partial charge in [0.1, 0.15) is 33.7 Å². The summed E-state index contributed by atoms with van der Waals surface area (Å²) in [6.07, 6.45) is 3.41. The van der Waals surface area contributed by atoms with Gasteiger partial charge in [-0.2, -0.15) is 0 Å². The van der Waals surface area contributed by atoms with E-state index in [0.717, 1.165) is 28.4 Å². The quantitative estimate of drug-likeness (QED) is 0.129. The summed E-state index contributed by atoms with van der Waals surface area (Å²) in [5.41, 5.74) is 5.02. The molecule has 5 N–H and O–H groups in total. The highest BCUT2D eigenvalue weighted by Crippen LogP contribution is 2.37. The van der Waals surface area contributed by atoms with Gasteiger partial charge >= 0.3 is 11.9 Å². The van der Waals surface area contributed by atoms with Gasteiger partial charge in [-0.1, -0.05) is 28.1 Å². The molecule has 3 heterocycles. The number of halogens is 1. The van der Waals surface area contributed by atoms with Crippen LogP contribution in [0.1, 0.15) is 5.69 Å². The average molecular weight is 488 g/mol. The summed E-state index contributed by atoms with van der Waals surface area (Å²) in [7, 11) is 0. The largest absolute Gasteiger partial charge is 0.478 e. The van der Waals surface area contributed by atoms with Crippen molar-refractivity contribution in [2.45, 2.75) is 11.4 Å². The van der Waals surface area contributed by atoms with Gasteiger partial charge in [0.2, 0.25) is 0 Å². The Morgan fingerprint density at radius 1 is 1.45 bits per heavy atom. The van der Waals surface area contributed by atoms with E-state index in [-0.39, 0.29) is 33.2 Å². The number of nitrogen functional groups attached to an aromatic ring is 1. The maximum atomic E-state index is 12.8. The minimum Gasteiger partial charge on any atom is -0.478 e. The van der Waals surface area contributed by atoms with Crippen LogP contribution in [0.3, 0.4) is 0 Å². The highest BCUT2D eigenvalue weighted by molar-refractivity contribution is 8.00. The molecule has 1 unspecified atom stereocenters. The zero-order valence-electron chi connectivity index (χ0n) is 15.4. The highest BCUT2D eigenvalue weighted by Gasteiger charge is 2.53. The zero-order chi connectivity index (χ0) is 22.7. The summed E-state index contributed by atoms with van der Waals surface area (Å²) in [5.74, 6) is -3.50. The van der Waals surface area contributed by atoms with Crippen LogP contribution in [0, 0.1) is 0 Å². The van der Waals surface area contributed by atoms with Crippen LogP contribution in [0.25, 0.3) is 0 Å². The smallest absolute Gasteiger partial charge is 0.352 e. The third kappa shape index (κ3) is 4.81. The summed E-state index contributed by atoms with van der Waals surface area (Å²) < 4.78 is 0.0563. The number of thioether (sulfide) groups is 1. The van der Waals surface area contributed by atoms with Crippen molar-refractivity contribution in [1.29, 1.82) is 0 Å². The minimum absolute atomic E-state index is 0.0563. The maximum Gasteiger partial charge on any atom is 0.352 e. The van der Waals surface area contributed by atoms with Crippen LogP contribution in [0.5, 0.6) is 0 Å². The maximum absolute atomic E-state index is 12.8. The van der Waals surface area contributed by atoms with Crippen LogP contribution in [-0.4, -0.2) is 73.3 Å². The molecule has 1 saturated heterocycles. The van der Waals surface area contributed by atoms with E-state index in [2.05, 4.69) is 15.5 Å². The van der Waals surface area contributed by atoms with Crippen LogP contribution in [-0.2, 0) is 24.0 Å². The number of carbonyl (C=O) groups is 4. The van der Waals surface area contributed by atoms with Crippen molar-refractivity contribution in [1.82, 2.24) is 15.2 Å². The number of hydrogen-bond donors (Lipinski definition) is 4. The van der Waals surface area contributed by atoms with Crippen molar-refractivity contribution in [3.05, 3.63) is 34.0 Å². The first-order valence-electron chi connectivity index (χ1n) is 8.41. The van der Waals surface area contributed by atoms with Crippen molar-refractivity contribution in [2.75, 3.05) is 18.1 Å². The van der Waals surface area contributed by atoms with Gasteiger partial charge in [0.05, 0.1) is 0 Å². The van der Waals surface area contributed by atoms with Gasteiger partial charge in [0.25, 0.3) is 11.8 Å². The molecule has 2 aliphatic heterocycles. The van der Waals surface area contributed by atoms with Crippen LogP contribution < -0.4 is 11.1 Å². The summed E-state index contributed by atoms with van der Waals surface area (Å²) in [5, 5.41) is 23.4. The topological polar surface area (TPSA) is 185 Å². The van der Waals surface area contributed by atoms with Crippen LogP contribution in [0.15, 0.2) is 29.1 Å². The van der Waals surface area contributed by atoms with Crippen molar-refractivity contribution < 1.29 is 34.2 Å². The molecule has 1 fully saturated rings. The molecule has 3 rings (SSSR count). The number of nitrogens with zero attached hydrogens (tertiary/aromatic N) is 3. The van der Waals surface area contributed by atoms with Gasteiger partial charge in [0, 0.05) is 11.8 Å². The third-order valence-electron chi connectivity index (χ3n) is 3.98. The van der Waals surface area contributed by atoms with E-state index in [9.17, 15) is 24.3 Å². The fourth-order valence-electron chi connectivity index (χ4n) is 2.70. The second-order valence-corrected chi connectivity index (χ2v) is 8.71. The van der Waals surface area contributed by atoms with Crippen LogP contribution >= 0.6 is 34.7 Å². The molecule has 2 amide bonds. The fourth-order valence-corrected chi connectivity index (χ4v) is 4.82. The normalized spacial score (nSPS) is 20.7. The Hall–Kier alpha value is -3.10. The second kappa shape index (κ2) is 9.36. The van der Waals surface area contributed by atoms with Crippen molar-refractivity contribution in [2.24, 2.45) is 5.16 Å². The molecular weight excluding hydrogens is 474 g/mol. The number of thiazole rings is 1. The standard InChI is InChI=1S/C16H14ClN5O7S2/c17-11-8(20-16(18)31-11)9(21-29-4-1-2-7(23)24)12(25)19-10-13(26)22-6(15(27)28)3-5-30-14(10)22/h1-3,10,14H,4-5H2,(H2,18,20)(H,19,25)(H,23,24)(H,27,28)/t10?,14-/m1/s1. The van der Waals surface area contributed by atoms with E-state index < -0.39 is 35.2 Å². The summed E-state index contributed by atoms with van der Waals surface area (Å²) >= 11 is 8.24. The van der Waals surface area contributed by atoms with Gasteiger partial charge in [-0.3, -0.25) is 14.5 Å². The van der Waals surface area contributed by atoms with Gasteiger partial charge in [-0.15, -0.1) is 11.8 Å². The molecule has 12 nitrogen and oxygen atoms in total. The number of aromatic nitrogens is 1. The average Bonchev–Trinajstić information content (AvgIpc) is 3.05. The summed E-state index contributed by atoms with van der Waals surface area (Å²) in [4.78, 5) is 57.0. The van der Waals surface area contributed by atoms with Gasteiger partial charge in [-0.25, -0.2) is 14.6 Å². The predicted octanol–water partition coefficient (Wildman–Crippen LogP) is 0.109. The summed E-state index contributed by atoms with van der Waals surface area (Å²) in [6, 6.07) is -0.993. The molecule has 0 saturated carbocycles. The molecule has 0 radical (unpaired) electrons. The molecule has 0 bridgehead atoms. The zero-order valence-corrected chi connectivity index (χ0v) is 17.7.